The van der Waals surface area contributed by atoms with Crippen LogP contribution in [-0.4, -0.2) is 30.0 Å². The first kappa shape index (κ1) is 14.3. The van der Waals surface area contributed by atoms with E-state index in [1.54, 1.807) is 25.4 Å². The van der Waals surface area contributed by atoms with Crippen LogP contribution < -0.4 is 15.4 Å². The lowest BCUT2D eigenvalue weighted by atomic mass is 10.2. The van der Waals surface area contributed by atoms with E-state index in [1.165, 1.54) is 0 Å². The van der Waals surface area contributed by atoms with Crippen molar-refractivity contribution >= 4 is 33.4 Å². The highest BCUT2D eigenvalue weighted by Gasteiger charge is 2.11. The topological polar surface area (TPSA) is 88.1 Å². The molecule has 0 fully saturated rings. The Labute approximate surface area is 125 Å². The van der Waals surface area contributed by atoms with Crippen molar-refractivity contribution in [2.45, 2.75) is 0 Å². The molecule has 0 aliphatic carbocycles. The molecule has 7 heteroatoms. The van der Waals surface area contributed by atoms with Gasteiger partial charge in [-0.3, -0.25) is 5.41 Å². The van der Waals surface area contributed by atoms with Gasteiger partial charge < -0.3 is 15.4 Å². The van der Waals surface area contributed by atoms with Gasteiger partial charge in [-0.15, -0.1) is 0 Å². The van der Waals surface area contributed by atoms with E-state index >= 15 is 0 Å². The van der Waals surface area contributed by atoms with Crippen LogP contribution in [0.15, 0.2) is 34.9 Å². The number of ether oxygens (including phenoxy) is 1. The van der Waals surface area contributed by atoms with Crippen molar-refractivity contribution in [3.8, 4) is 5.88 Å². The molecule has 0 aliphatic rings. The zero-order valence-corrected chi connectivity index (χ0v) is 12.7. The SMILES string of the molecule is COc1nc(N(C)c2ccc(C(=N)N)cc2)ncc1Br. The molecule has 0 radical (unpaired) electrons. The molecule has 1 aromatic heterocycles. The average Bonchev–Trinajstić information content (AvgIpc) is 2.47. The van der Waals surface area contributed by atoms with Crippen molar-refractivity contribution in [3.63, 3.8) is 0 Å². The number of rotatable bonds is 4. The number of methoxy groups -OCH3 is 1. The molecule has 0 atom stereocenters. The second-order valence-electron chi connectivity index (χ2n) is 4.05. The molecule has 1 heterocycles. The first-order valence-electron chi connectivity index (χ1n) is 5.77. The molecule has 20 heavy (non-hydrogen) atoms. The second kappa shape index (κ2) is 5.87. The minimum absolute atomic E-state index is 0.0424. The Hall–Kier alpha value is -2.15. The van der Waals surface area contributed by atoms with E-state index in [2.05, 4.69) is 25.9 Å². The summed E-state index contributed by atoms with van der Waals surface area (Å²) in [4.78, 5) is 10.4. The molecule has 3 N–H and O–H groups in total. The van der Waals surface area contributed by atoms with Gasteiger partial charge in [0.05, 0.1) is 17.8 Å². The quantitative estimate of drug-likeness (QED) is 0.661. The van der Waals surface area contributed by atoms with E-state index in [-0.39, 0.29) is 5.84 Å². The Balaban J connectivity index is 2.30. The van der Waals surface area contributed by atoms with E-state index in [9.17, 15) is 0 Å². The summed E-state index contributed by atoms with van der Waals surface area (Å²) < 4.78 is 5.85. The second-order valence-corrected chi connectivity index (χ2v) is 4.90. The molecule has 2 rings (SSSR count). The predicted octanol–water partition coefficient (Wildman–Crippen LogP) is 2.30. The number of nitrogens with one attached hydrogen (secondary N) is 1. The summed E-state index contributed by atoms with van der Waals surface area (Å²) in [6.45, 7) is 0. The maximum Gasteiger partial charge on any atom is 0.232 e. The third-order valence-corrected chi connectivity index (χ3v) is 3.30. The number of hydrogen-bond donors (Lipinski definition) is 2. The minimum Gasteiger partial charge on any atom is -0.480 e. The Morgan fingerprint density at radius 1 is 1.35 bits per heavy atom. The molecule has 0 saturated heterocycles. The zero-order chi connectivity index (χ0) is 14.7. The smallest absolute Gasteiger partial charge is 0.232 e. The molecule has 104 valence electrons. The zero-order valence-electron chi connectivity index (χ0n) is 11.1. The molecule has 0 aliphatic heterocycles. The molecule has 0 saturated carbocycles. The number of benzene rings is 1. The van der Waals surface area contributed by atoms with E-state index in [1.807, 2.05) is 24.1 Å². The molecule has 2 aromatic rings. The van der Waals surface area contributed by atoms with Crippen LogP contribution in [0.2, 0.25) is 0 Å². The third kappa shape index (κ3) is 2.88. The number of nitrogens with two attached hydrogens (primary N) is 1. The summed E-state index contributed by atoms with van der Waals surface area (Å²) in [5.41, 5.74) is 6.99. The lowest BCUT2D eigenvalue weighted by molar-refractivity contribution is 0.394. The van der Waals surface area contributed by atoms with E-state index in [0.717, 1.165) is 5.69 Å². The number of anilines is 2. The maximum absolute atomic E-state index is 7.37. The molecule has 6 nitrogen and oxygen atoms in total. The Morgan fingerprint density at radius 2 is 2.00 bits per heavy atom. The maximum atomic E-state index is 7.37. The molecule has 0 amide bonds. The van der Waals surface area contributed by atoms with Crippen molar-refractivity contribution in [1.82, 2.24) is 9.97 Å². The number of aromatic nitrogens is 2. The Morgan fingerprint density at radius 3 is 2.55 bits per heavy atom. The van der Waals surface area contributed by atoms with Crippen molar-refractivity contribution in [3.05, 3.63) is 40.5 Å². The fourth-order valence-corrected chi connectivity index (χ4v) is 1.98. The number of nitrogens with zero attached hydrogens (tertiary/aromatic N) is 3. The van der Waals surface area contributed by atoms with Gasteiger partial charge in [0.15, 0.2) is 0 Å². The van der Waals surface area contributed by atoms with Gasteiger partial charge in [0.1, 0.15) is 5.84 Å². The summed E-state index contributed by atoms with van der Waals surface area (Å²) >= 11 is 3.32. The molecule has 0 unspecified atom stereocenters. The number of nitrogen functional groups attached to an aromatic ring is 1. The van der Waals surface area contributed by atoms with Crippen LogP contribution in [0.25, 0.3) is 0 Å². The fourth-order valence-electron chi connectivity index (χ4n) is 1.63. The van der Waals surface area contributed by atoms with E-state index in [0.29, 0.717) is 21.9 Å². The third-order valence-electron chi connectivity index (χ3n) is 2.76. The summed E-state index contributed by atoms with van der Waals surface area (Å²) in [6, 6.07) is 7.28. The molecule has 0 spiro atoms. The fraction of sp³-hybridized carbons (Fsp3) is 0.154. The average molecular weight is 336 g/mol. The monoisotopic (exact) mass is 335 g/mol. The van der Waals surface area contributed by atoms with Gasteiger partial charge in [-0.1, -0.05) is 0 Å². The largest absolute Gasteiger partial charge is 0.480 e. The van der Waals surface area contributed by atoms with Gasteiger partial charge in [0, 0.05) is 18.3 Å². The van der Waals surface area contributed by atoms with Crippen molar-refractivity contribution in [2.75, 3.05) is 19.1 Å². The van der Waals surface area contributed by atoms with Gasteiger partial charge in [0.25, 0.3) is 0 Å². The van der Waals surface area contributed by atoms with Crippen molar-refractivity contribution in [2.24, 2.45) is 5.73 Å². The van der Waals surface area contributed by atoms with Crippen molar-refractivity contribution in [1.29, 1.82) is 5.41 Å². The van der Waals surface area contributed by atoms with Crippen molar-refractivity contribution < 1.29 is 4.74 Å². The lowest BCUT2D eigenvalue weighted by Gasteiger charge is -2.18. The van der Waals surface area contributed by atoms with E-state index in [4.69, 9.17) is 15.9 Å². The number of halogens is 1. The normalized spacial score (nSPS) is 10.2. The first-order chi connectivity index (χ1) is 9.52. The van der Waals surface area contributed by atoms with Crippen LogP contribution in [0.3, 0.4) is 0 Å². The van der Waals surface area contributed by atoms with E-state index < -0.39 is 0 Å². The highest BCUT2D eigenvalue weighted by atomic mass is 79.9. The highest BCUT2D eigenvalue weighted by molar-refractivity contribution is 9.10. The summed E-state index contributed by atoms with van der Waals surface area (Å²) in [7, 11) is 3.41. The molecular formula is C13H14BrN5O. The highest BCUT2D eigenvalue weighted by Crippen LogP contribution is 2.26. The van der Waals surface area contributed by atoms with Crippen LogP contribution in [0.4, 0.5) is 11.6 Å². The first-order valence-corrected chi connectivity index (χ1v) is 6.57. The molecule has 0 bridgehead atoms. The predicted molar refractivity (Wildman–Crippen MR) is 81.8 cm³/mol. The van der Waals surface area contributed by atoms with Crippen LogP contribution >= 0.6 is 15.9 Å². The van der Waals surface area contributed by atoms with Crippen LogP contribution in [0.1, 0.15) is 5.56 Å². The van der Waals surface area contributed by atoms with Gasteiger partial charge >= 0.3 is 0 Å². The summed E-state index contributed by atoms with van der Waals surface area (Å²) in [5, 5.41) is 7.37. The van der Waals surface area contributed by atoms with Gasteiger partial charge in [-0.25, -0.2) is 4.98 Å². The number of amidine groups is 1. The summed E-state index contributed by atoms with van der Waals surface area (Å²) in [5.74, 6) is 1.03. The standard InChI is InChI=1S/C13H14BrN5O/c1-19(9-5-3-8(4-6-9)11(15)16)13-17-7-10(14)12(18-13)20-2/h3-7H,1-2H3,(H3,15,16). The lowest BCUT2D eigenvalue weighted by Crippen LogP contribution is -2.15. The van der Waals surface area contributed by atoms with Crippen LogP contribution in [-0.2, 0) is 0 Å². The van der Waals surface area contributed by atoms with Gasteiger partial charge in [-0.05, 0) is 40.2 Å². The Bertz CT molecular complexity index is 629. The Kier molecular flexibility index (Phi) is 4.19. The number of hydrogen-bond acceptors (Lipinski definition) is 5. The minimum atomic E-state index is 0.0424. The van der Waals surface area contributed by atoms with Crippen LogP contribution in [0.5, 0.6) is 5.88 Å². The summed E-state index contributed by atoms with van der Waals surface area (Å²) in [6.07, 6.45) is 1.64. The molecule has 1 aromatic carbocycles. The van der Waals surface area contributed by atoms with Gasteiger partial charge in [0.2, 0.25) is 11.8 Å². The molecular weight excluding hydrogens is 322 g/mol. The van der Waals surface area contributed by atoms with Gasteiger partial charge in [-0.2, -0.15) is 4.98 Å². The van der Waals surface area contributed by atoms with Crippen LogP contribution in [0, 0.1) is 5.41 Å².